The van der Waals surface area contributed by atoms with Crippen LogP contribution < -0.4 is 20.1 Å². The lowest BCUT2D eigenvalue weighted by Crippen LogP contribution is -2.40. The van der Waals surface area contributed by atoms with Crippen molar-refractivity contribution in [1.82, 2.24) is 15.2 Å². The van der Waals surface area contributed by atoms with Gasteiger partial charge >= 0.3 is 11.8 Å². The number of methoxy groups -OCH3 is 2. The van der Waals surface area contributed by atoms with Crippen molar-refractivity contribution in [3.63, 3.8) is 0 Å². The Morgan fingerprint density at radius 3 is 2.26 bits per heavy atom. The standard InChI is InChI=1S/C19H24N4O4/c1-23(2)16(13-5-8-15(26-3)9-6-13)12-21-18(24)19(25)22-14-7-10-17(27-4)20-11-14/h5-11,16H,12H2,1-4H3,(H,21,24)(H,22,25)/t16-/m0/s1. The summed E-state index contributed by atoms with van der Waals surface area (Å²) in [5.41, 5.74) is 1.41. The molecule has 1 atom stereocenters. The van der Waals surface area contributed by atoms with E-state index in [4.69, 9.17) is 9.47 Å². The minimum atomic E-state index is -0.755. The summed E-state index contributed by atoms with van der Waals surface area (Å²) >= 11 is 0. The van der Waals surface area contributed by atoms with Crippen molar-refractivity contribution in [2.75, 3.05) is 40.2 Å². The number of pyridine rings is 1. The molecular formula is C19H24N4O4. The molecule has 0 unspecified atom stereocenters. The third kappa shape index (κ3) is 5.68. The van der Waals surface area contributed by atoms with E-state index in [1.807, 2.05) is 43.3 Å². The Labute approximate surface area is 158 Å². The number of carbonyl (C=O) groups excluding carboxylic acids is 2. The van der Waals surface area contributed by atoms with Gasteiger partial charge in [-0.15, -0.1) is 0 Å². The number of aromatic nitrogens is 1. The molecular weight excluding hydrogens is 348 g/mol. The van der Waals surface area contributed by atoms with Gasteiger partial charge < -0.3 is 25.0 Å². The van der Waals surface area contributed by atoms with Crippen LogP contribution in [0.4, 0.5) is 5.69 Å². The summed E-state index contributed by atoms with van der Waals surface area (Å²) in [5.74, 6) is -0.293. The molecule has 8 nitrogen and oxygen atoms in total. The Morgan fingerprint density at radius 1 is 1.04 bits per heavy atom. The summed E-state index contributed by atoms with van der Waals surface area (Å²) in [7, 11) is 6.92. The van der Waals surface area contributed by atoms with Crippen molar-refractivity contribution >= 4 is 17.5 Å². The summed E-state index contributed by atoms with van der Waals surface area (Å²) < 4.78 is 10.1. The molecule has 0 saturated heterocycles. The SMILES string of the molecule is COc1ccc([C@H](CNC(=O)C(=O)Nc2ccc(OC)nc2)N(C)C)cc1. The maximum Gasteiger partial charge on any atom is 0.313 e. The minimum absolute atomic E-state index is 0.0877. The molecule has 0 radical (unpaired) electrons. The van der Waals surface area contributed by atoms with Crippen LogP contribution in [0.2, 0.25) is 0 Å². The number of carbonyl (C=O) groups is 2. The molecule has 27 heavy (non-hydrogen) atoms. The van der Waals surface area contributed by atoms with E-state index in [0.717, 1.165) is 11.3 Å². The van der Waals surface area contributed by atoms with Crippen LogP contribution in [0.1, 0.15) is 11.6 Å². The van der Waals surface area contributed by atoms with Crippen molar-refractivity contribution in [3.05, 3.63) is 48.2 Å². The zero-order valence-corrected chi connectivity index (χ0v) is 15.9. The summed E-state index contributed by atoms with van der Waals surface area (Å²) in [6.07, 6.45) is 1.42. The predicted molar refractivity (Wildman–Crippen MR) is 102 cm³/mol. The van der Waals surface area contributed by atoms with E-state index < -0.39 is 11.8 Å². The number of benzene rings is 1. The molecule has 2 aromatic rings. The van der Waals surface area contributed by atoms with Crippen LogP contribution in [0.15, 0.2) is 42.6 Å². The zero-order chi connectivity index (χ0) is 19.8. The van der Waals surface area contributed by atoms with Gasteiger partial charge in [-0.1, -0.05) is 12.1 Å². The molecule has 0 fully saturated rings. The number of nitrogens with one attached hydrogen (secondary N) is 2. The van der Waals surface area contributed by atoms with E-state index in [1.54, 1.807) is 19.2 Å². The van der Waals surface area contributed by atoms with Crippen LogP contribution in [0, 0.1) is 0 Å². The number of rotatable bonds is 7. The molecule has 0 aliphatic carbocycles. The molecule has 2 rings (SSSR count). The Balaban J connectivity index is 1.94. The van der Waals surface area contributed by atoms with Crippen LogP contribution in [0.5, 0.6) is 11.6 Å². The van der Waals surface area contributed by atoms with Crippen LogP contribution in [-0.4, -0.2) is 56.6 Å². The number of amides is 2. The van der Waals surface area contributed by atoms with E-state index in [1.165, 1.54) is 13.3 Å². The molecule has 0 aliphatic rings. The molecule has 2 amide bonds. The predicted octanol–water partition coefficient (Wildman–Crippen LogP) is 1.46. The monoisotopic (exact) mass is 372 g/mol. The summed E-state index contributed by atoms with van der Waals surface area (Å²) in [5, 5.41) is 5.17. The summed E-state index contributed by atoms with van der Waals surface area (Å²) in [6.45, 7) is 0.284. The first kappa shape index (κ1) is 20.2. The Morgan fingerprint density at radius 2 is 1.74 bits per heavy atom. The highest BCUT2D eigenvalue weighted by Gasteiger charge is 2.19. The van der Waals surface area contributed by atoms with Crippen LogP contribution >= 0.6 is 0 Å². The van der Waals surface area contributed by atoms with Gasteiger partial charge in [-0.3, -0.25) is 9.59 Å². The molecule has 0 bridgehead atoms. The van der Waals surface area contributed by atoms with Crippen molar-refractivity contribution in [2.45, 2.75) is 6.04 Å². The number of ether oxygens (including phenoxy) is 2. The maximum atomic E-state index is 12.1. The number of anilines is 1. The van der Waals surface area contributed by atoms with E-state index in [2.05, 4.69) is 15.6 Å². The van der Waals surface area contributed by atoms with E-state index in [9.17, 15) is 9.59 Å². The van der Waals surface area contributed by atoms with Gasteiger partial charge in [0.05, 0.1) is 32.1 Å². The largest absolute Gasteiger partial charge is 0.497 e. The van der Waals surface area contributed by atoms with Gasteiger partial charge in [0.1, 0.15) is 5.75 Å². The fourth-order valence-electron chi connectivity index (χ4n) is 2.46. The lowest BCUT2D eigenvalue weighted by Gasteiger charge is -2.25. The second-order valence-electron chi connectivity index (χ2n) is 6.01. The molecule has 2 N–H and O–H groups in total. The minimum Gasteiger partial charge on any atom is -0.497 e. The van der Waals surface area contributed by atoms with Crippen LogP contribution in [0.3, 0.4) is 0 Å². The number of nitrogens with zero attached hydrogens (tertiary/aromatic N) is 2. The van der Waals surface area contributed by atoms with Crippen molar-refractivity contribution in [1.29, 1.82) is 0 Å². The molecule has 8 heteroatoms. The average Bonchev–Trinajstić information content (AvgIpc) is 2.68. The van der Waals surface area contributed by atoms with Crippen LogP contribution in [-0.2, 0) is 9.59 Å². The second-order valence-corrected chi connectivity index (χ2v) is 6.01. The Bertz CT molecular complexity index is 760. The van der Waals surface area contributed by atoms with E-state index in [-0.39, 0.29) is 12.6 Å². The van der Waals surface area contributed by atoms with Gasteiger partial charge in [0.25, 0.3) is 0 Å². The zero-order valence-electron chi connectivity index (χ0n) is 15.9. The maximum absolute atomic E-state index is 12.1. The first-order chi connectivity index (χ1) is 12.9. The number of hydrogen-bond donors (Lipinski definition) is 2. The number of likely N-dealkylation sites (N-methyl/N-ethyl adjacent to an activating group) is 1. The third-order valence-corrected chi connectivity index (χ3v) is 3.99. The molecule has 0 saturated carbocycles. The highest BCUT2D eigenvalue weighted by Crippen LogP contribution is 2.20. The molecule has 1 heterocycles. The molecule has 144 valence electrons. The highest BCUT2D eigenvalue weighted by atomic mass is 16.5. The lowest BCUT2D eigenvalue weighted by molar-refractivity contribution is -0.136. The van der Waals surface area contributed by atoms with E-state index in [0.29, 0.717) is 11.6 Å². The smallest absolute Gasteiger partial charge is 0.313 e. The fraction of sp³-hybridized carbons (Fsp3) is 0.316. The summed E-state index contributed by atoms with van der Waals surface area (Å²) in [6, 6.07) is 10.7. The highest BCUT2D eigenvalue weighted by molar-refractivity contribution is 6.39. The van der Waals surface area contributed by atoms with Gasteiger partial charge in [-0.05, 0) is 37.9 Å². The van der Waals surface area contributed by atoms with Gasteiger partial charge in [0.2, 0.25) is 5.88 Å². The Hall–Kier alpha value is -3.13. The van der Waals surface area contributed by atoms with Gasteiger partial charge in [-0.2, -0.15) is 0 Å². The normalized spacial score (nSPS) is 11.6. The van der Waals surface area contributed by atoms with Gasteiger partial charge in [-0.25, -0.2) is 4.98 Å². The third-order valence-electron chi connectivity index (χ3n) is 3.99. The average molecular weight is 372 g/mol. The van der Waals surface area contributed by atoms with E-state index >= 15 is 0 Å². The topological polar surface area (TPSA) is 92.8 Å². The van der Waals surface area contributed by atoms with Crippen molar-refractivity contribution in [2.24, 2.45) is 0 Å². The lowest BCUT2D eigenvalue weighted by atomic mass is 10.1. The first-order valence-electron chi connectivity index (χ1n) is 8.34. The van der Waals surface area contributed by atoms with Crippen molar-refractivity contribution < 1.29 is 19.1 Å². The first-order valence-corrected chi connectivity index (χ1v) is 8.34. The molecule has 1 aromatic heterocycles. The number of hydrogen-bond acceptors (Lipinski definition) is 6. The van der Waals surface area contributed by atoms with Gasteiger partial charge in [0, 0.05) is 12.6 Å². The summed E-state index contributed by atoms with van der Waals surface area (Å²) in [4.78, 5) is 30.1. The van der Waals surface area contributed by atoms with Crippen LogP contribution in [0.25, 0.3) is 0 Å². The fourth-order valence-corrected chi connectivity index (χ4v) is 2.46. The van der Waals surface area contributed by atoms with Gasteiger partial charge in [0.15, 0.2) is 0 Å². The quantitative estimate of drug-likeness (QED) is 0.715. The van der Waals surface area contributed by atoms with Crippen molar-refractivity contribution in [3.8, 4) is 11.6 Å². The molecule has 0 spiro atoms. The molecule has 1 aromatic carbocycles. The molecule has 0 aliphatic heterocycles. The second kappa shape index (κ2) is 9.54. The Kier molecular flexibility index (Phi) is 7.13.